The van der Waals surface area contributed by atoms with Crippen LogP contribution in [0, 0.1) is 0 Å². The molecule has 3 aromatic rings. The quantitative estimate of drug-likeness (QED) is 0.714. The standard InChI is InChI=1S/C14H10N2OS2/c17-13-11-8-4-1-2-5-9(8)19-14(11)16-12(15-13)10-6-3-7-18-10/h1-7,12,16H,(H,15,17). The van der Waals surface area contributed by atoms with Gasteiger partial charge in [-0.3, -0.25) is 4.79 Å². The SMILES string of the molecule is O=C1NC(c2cccs2)Nc2sc3ccccc3c21. The predicted octanol–water partition coefficient (Wildman–Crippen LogP) is 3.82. The van der Waals surface area contributed by atoms with Gasteiger partial charge in [-0.15, -0.1) is 22.7 Å². The second kappa shape index (κ2) is 4.08. The summed E-state index contributed by atoms with van der Waals surface area (Å²) >= 11 is 3.28. The van der Waals surface area contributed by atoms with E-state index in [4.69, 9.17) is 0 Å². The van der Waals surface area contributed by atoms with Crippen molar-refractivity contribution in [2.75, 3.05) is 5.32 Å². The van der Waals surface area contributed by atoms with Gasteiger partial charge in [0.05, 0.1) is 5.56 Å². The molecule has 1 aliphatic rings. The van der Waals surface area contributed by atoms with Crippen molar-refractivity contribution < 1.29 is 4.79 Å². The van der Waals surface area contributed by atoms with Crippen LogP contribution in [0.1, 0.15) is 21.4 Å². The van der Waals surface area contributed by atoms with Crippen LogP contribution in [0.3, 0.4) is 0 Å². The van der Waals surface area contributed by atoms with E-state index in [1.54, 1.807) is 22.7 Å². The first-order chi connectivity index (χ1) is 9.33. The number of nitrogens with one attached hydrogen (secondary N) is 2. The molecule has 1 aliphatic heterocycles. The maximum absolute atomic E-state index is 12.3. The lowest BCUT2D eigenvalue weighted by Crippen LogP contribution is -2.37. The van der Waals surface area contributed by atoms with E-state index in [0.717, 1.165) is 25.5 Å². The number of fused-ring (bicyclic) bond motifs is 3. The zero-order chi connectivity index (χ0) is 12.8. The Morgan fingerprint density at radius 1 is 1.05 bits per heavy atom. The highest BCUT2D eigenvalue weighted by Gasteiger charge is 2.28. The average molecular weight is 286 g/mol. The van der Waals surface area contributed by atoms with Crippen molar-refractivity contribution >= 4 is 43.7 Å². The zero-order valence-corrected chi connectivity index (χ0v) is 11.5. The lowest BCUT2D eigenvalue weighted by molar-refractivity contribution is 0.0939. The van der Waals surface area contributed by atoms with Gasteiger partial charge in [-0.25, -0.2) is 0 Å². The van der Waals surface area contributed by atoms with Crippen LogP contribution in [0.5, 0.6) is 0 Å². The second-order valence-corrected chi connectivity index (χ2v) is 6.40. The Kier molecular flexibility index (Phi) is 2.36. The van der Waals surface area contributed by atoms with Crippen LogP contribution >= 0.6 is 22.7 Å². The molecule has 3 nitrogen and oxygen atoms in total. The van der Waals surface area contributed by atoms with E-state index in [9.17, 15) is 4.79 Å². The Morgan fingerprint density at radius 3 is 2.79 bits per heavy atom. The van der Waals surface area contributed by atoms with Gasteiger partial charge in [-0.05, 0) is 17.5 Å². The molecule has 1 aromatic carbocycles. The molecule has 19 heavy (non-hydrogen) atoms. The summed E-state index contributed by atoms with van der Waals surface area (Å²) in [5.74, 6) is 0.00426. The molecule has 0 aliphatic carbocycles. The zero-order valence-electron chi connectivity index (χ0n) is 9.84. The summed E-state index contributed by atoms with van der Waals surface area (Å²) in [5.41, 5.74) is 0.772. The predicted molar refractivity (Wildman–Crippen MR) is 80.0 cm³/mol. The van der Waals surface area contributed by atoms with E-state index in [1.165, 1.54) is 0 Å². The molecule has 0 saturated heterocycles. The Labute approximate surface area is 117 Å². The molecule has 2 N–H and O–H groups in total. The molecule has 0 radical (unpaired) electrons. The third kappa shape index (κ3) is 1.66. The van der Waals surface area contributed by atoms with E-state index < -0.39 is 0 Å². The van der Waals surface area contributed by atoms with Gasteiger partial charge in [0.1, 0.15) is 11.2 Å². The van der Waals surface area contributed by atoms with Crippen LogP contribution in [-0.2, 0) is 0 Å². The summed E-state index contributed by atoms with van der Waals surface area (Å²) in [4.78, 5) is 13.4. The minimum atomic E-state index is -0.118. The monoisotopic (exact) mass is 286 g/mol. The first-order valence-corrected chi connectivity index (χ1v) is 7.65. The lowest BCUT2D eigenvalue weighted by atomic mass is 10.1. The fourth-order valence-corrected chi connectivity index (χ4v) is 4.19. The minimum absolute atomic E-state index is 0.00426. The van der Waals surface area contributed by atoms with Crippen LogP contribution in [0.15, 0.2) is 41.8 Å². The number of thiophene rings is 2. The number of anilines is 1. The van der Waals surface area contributed by atoms with Crippen LogP contribution < -0.4 is 10.6 Å². The van der Waals surface area contributed by atoms with Gasteiger partial charge in [-0.2, -0.15) is 0 Å². The number of benzene rings is 1. The van der Waals surface area contributed by atoms with Crippen molar-refractivity contribution in [1.82, 2.24) is 5.32 Å². The van der Waals surface area contributed by atoms with Crippen LogP contribution in [0.2, 0.25) is 0 Å². The van der Waals surface area contributed by atoms with Crippen molar-refractivity contribution in [2.24, 2.45) is 0 Å². The maximum atomic E-state index is 12.3. The molecule has 2 aromatic heterocycles. The summed E-state index contributed by atoms with van der Waals surface area (Å²) in [5, 5.41) is 10.4. The van der Waals surface area contributed by atoms with E-state index in [1.807, 2.05) is 41.8 Å². The van der Waals surface area contributed by atoms with Crippen LogP contribution in [0.4, 0.5) is 5.00 Å². The number of rotatable bonds is 1. The lowest BCUT2D eigenvalue weighted by Gasteiger charge is -2.24. The molecule has 0 saturated carbocycles. The smallest absolute Gasteiger partial charge is 0.256 e. The minimum Gasteiger partial charge on any atom is -0.352 e. The van der Waals surface area contributed by atoms with Gasteiger partial charge in [0, 0.05) is 15.0 Å². The van der Waals surface area contributed by atoms with E-state index in [-0.39, 0.29) is 12.1 Å². The number of carbonyl (C=O) groups is 1. The highest BCUT2D eigenvalue weighted by molar-refractivity contribution is 7.23. The van der Waals surface area contributed by atoms with Crippen LogP contribution in [0.25, 0.3) is 10.1 Å². The fourth-order valence-electron chi connectivity index (χ4n) is 2.34. The molecule has 1 atom stereocenters. The van der Waals surface area contributed by atoms with E-state index in [0.29, 0.717) is 0 Å². The molecule has 94 valence electrons. The highest BCUT2D eigenvalue weighted by Crippen LogP contribution is 2.40. The summed E-state index contributed by atoms with van der Waals surface area (Å²) in [6, 6.07) is 12.0. The normalized spacial score (nSPS) is 17.9. The number of carbonyl (C=O) groups excluding carboxylic acids is 1. The molecular formula is C14H10N2OS2. The third-order valence-electron chi connectivity index (χ3n) is 3.20. The van der Waals surface area contributed by atoms with Gasteiger partial charge >= 0.3 is 0 Å². The molecule has 5 heteroatoms. The van der Waals surface area contributed by atoms with Gasteiger partial charge in [-0.1, -0.05) is 24.3 Å². The van der Waals surface area contributed by atoms with Crippen molar-refractivity contribution in [3.63, 3.8) is 0 Å². The highest BCUT2D eigenvalue weighted by atomic mass is 32.1. The first kappa shape index (κ1) is 11.0. The van der Waals surface area contributed by atoms with Crippen molar-refractivity contribution in [3.05, 3.63) is 52.2 Å². The molecule has 4 rings (SSSR count). The topological polar surface area (TPSA) is 41.1 Å². The first-order valence-electron chi connectivity index (χ1n) is 5.95. The Bertz CT molecular complexity index is 761. The third-order valence-corrected chi connectivity index (χ3v) is 5.24. The van der Waals surface area contributed by atoms with Crippen molar-refractivity contribution in [1.29, 1.82) is 0 Å². The fraction of sp³-hybridized carbons (Fsp3) is 0.0714. The Hall–Kier alpha value is -1.85. The number of hydrogen-bond donors (Lipinski definition) is 2. The summed E-state index contributed by atoms with van der Waals surface area (Å²) in [6.45, 7) is 0. The largest absolute Gasteiger partial charge is 0.352 e. The van der Waals surface area contributed by atoms with Gasteiger partial charge in [0.25, 0.3) is 5.91 Å². The summed E-state index contributed by atoms with van der Waals surface area (Å²) in [6.07, 6.45) is -0.118. The van der Waals surface area contributed by atoms with Crippen molar-refractivity contribution in [3.8, 4) is 0 Å². The van der Waals surface area contributed by atoms with E-state index >= 15 is 0 Å². The van der Waals surface area contributed by atoms with Crippen molar-refractivity contribution in [2.45, 2.75) is 6.17 Å². The van der Waals surface area contributed by atoms with Crippen LogP contribution in [-0.4, -0.2) is 5.91 Å². The molecule has 1 unspecified atom stereocenters. The Morgan fingerprint density at radius 2 is 1.95 bits per heavy atom. The molecule has 0 bridgehead atoms. The number of amides is 1. The molecule has 1 amide bonds. The number of hydrogen-bond acceptors (Lipinski definition) is 4. The Balaban J connectivity index is 1.85. The molecule has 3 heterocycles. The molecule has 0 spiro atoms. The van der Waals surface area contributed by atoms with E-state index in [2.05, 4.69) is 10.6 Å². The average Bonchev–Trinajstić information content (AvgIpc) is 3.05. The summed E-state index contributed by atoms with van der Waals surface area (Å²) < 4.78 is 1.14. The van der Waals surface area contributed by atoms with Gasteiger partial charge < -0.3 is 10.6 Å². The maximum Gasteiger partial charge on any atom is 0.256 e. The summed E-state index contributed by atoms with van der Waals surface area (Å²) in [7, 11) is 0. The van der Waals surface area contributed by atoms with Gasteiger partial charge in [0.15, 0.2) is 0 Å². The molecular weight excluding hydrogens is 276 g/mol. The van der Waals surface area contributed by atoms with Gasteiger partial charge in [0.2, 0.25) is 0 Å². The second-order valence-electron chi connectivity index (χ2n) is 4.37. The molecule has 0 fully saturated rings.